The Kier molecular flexibility index (Phi) is 3.13. The minimum Gasteiger partial charge on any atom is -0.508 e. The molecule has 19 heavy (non-hydrogen) atoms. The van der Waals surface area contributed by atoms with Gasteiger partial charge in [-0.2, -0.15) is 5.10 Å². The van der Waals surface area contributed by atoms with Crippen LogP contribution in [-0.2, 0) is 13.5 Å². The number of aromatic hydroxyl groups is 1. The molecule has 100 valence electrons. The monoisotopic (exact) mass is 259 g/mol. The van der Waals surface area contributed by atoms with E-state index in [1.165, 1.54) is 0 Å². The van der Waals surface area contributed by atoms with E-state index in [-0.39, 0.29) is 11.8 Å². The summed E-state index contributed by atoms with van der Waals surface area (Å²) in [6.45, 7) is 1.46. The number of nitrogens with one attached hydrogen (secondary N) is 1. The van der Waals surface area contributed by atoms with Crippen LogP contribution in [0.5, 0.6) is 11.5 Å². The highest BCUT2D eigenvalue weighted by atomic mass is 16.5. The first-order chi connectivity index (χ1) is 9.22. The number of phenolic OH excluding ortho intramolecular Hbond substituents is 1. The van der Waals surface area contributed by atoms with Gasteiger partial charge in [0.05, 0.1) is 11.7 Å². The number of hydrogen-bond acceptors (Lipinski definition) is 4. The lowest BCUT2D eigenvalue weighted by atomic mass is 10.1. The van der Waals surface area contributed by atoms with Gasteiger partial charge >= 0.3 is 0 Å². The van der Waals surface area contributed by atoms with E-state index in [9.17, 15) is 5.11 Å². The first-order valence-electron chi connectivity index (χ1n) is 6.40. The van der Waals surface area contributed by atoms with Gasteiger partial charge in [0, 0.05) is 37.8 Å². The molecule has 1 aliphatic rings. The molecule has 1 aromatic heterocycles. The van der Waals surface area contributed by atoms with E-state index in [2.05, 4.69) is 10.4 Å². The smallest absolute Gasteiger partial charge is 0.127 e. The molecule has 5 heteroatoms. The van der Waals surface area contributed by atoms with Crippen molar-refractivity contribution in [1.82, 2.24) is 15.1 Å². The van der Waals surface area contributed by atoms with Crippen LogP contribution in [0.25, 0.3) is 0 Å². The molecule has 0 amide bonds. The van der Waals surface area contributed by atoms with Crippen LogP contribution >= 0.6 is 0 Å². The van der Waals surface area contributed by atoms with E-state index in [0.717, 1.165) is 30.0 Å². The molecular weight excluding hydrogens is 242 g/mol. The van der Waals surface area contributed by atoms with Crippen molar-refractivity contribution in [2.24, 2.45) is 7.05 Å². The maximum atomic E-state index is 9.40. The second-order valence-electron chi connectivity index (χ2n) is 4.77. The number of nitrogens with zero attached hydrogens (tertiary/aromatic N) is 2. The van der Waals surface area contributed by atoms with Crippen molar-refractivity contribution in [3.8, 4) is 11.5 Å². The molecular formula is C14H17N3O2. The third-order valence-corrected chi connectivity index (χ3v) is 3.32. The van der Waals surface area contributed by atoms with Gasteiger partial charge in [0.25, 0.3) is 0 Å². The van der Waals surface area contributed by atoms with Gasteiger partial charge in [-0.1, -0.05) is 0 Å². The summed E-state index contributed by atoms with van der Waals surface area (Å²) in [5, 5.41) is 17.2. The van der Waals surface area contributed by atoms with E-state index in [0.29, 0.717) is 6.61 Å². The van der Waals surface area contributed by atoms with E-state index in [1.807, 2.05) is 30.1 Å². The van der Waals surface area contributed by atoms with Gasteiger partial charge in [-0.3, -0.25) is 4.68 Å². The summed E-state index contributed by atoms with van der Waals surface area (Å²) in [7, 11) is 1.92. The molecule has 1 atom stereocenters. The highest BCUT2D eigenvalue weighted by Gasteiger charge is 2.23. The Labute approximate surface area is 111 Å². The Bertz CT molecular complexity index is 580. The fourth-order valence-corrected chi connectivity index (χ4v) is 2.34. The molecule has 0 spiro atoms. The number of phenols is 1. The van der Waals surface area contributed by atoms with Crippen LogP contribution < -0.4 is 10.1 Å². The Hall–Kier alpha value is -2.01. The van der Waals surface area contributed by atoms with Gasteiger partial charge in [0.15, 0.2) is 0 Å². The molecule has 0 bridgehead atoms. The van der Waals surface area contributed by atoms with Gasteiger partial charge in [-0.25, -0.2) is 0 Å². The van der Waals surface area contributed by atoms with Crippen molar-refractivity contribution >= 4 is 0 Å². The van der Waals surface area contributed by atoms with Crippen LogP contribution in [0.3, 0.4) is 0 Å². The molecule has 2 heterocycles. The maximum Gasteiger partial charge on any atom is 0.127 e. The predicted molar refractivity (Wildman–Crippen MR) is 71.3 cm³/mol. The van der Waals surface area contributed by atoms with Crippen molar-refractivity contribution in [1.29, 1.82) is 0 Å². The quantitative estimate of drug-likeness (QED) is 0.871. The number of aryl methyl sites for hydroxylation is 1. The lowest BCUT2D eigenvalue weighted by Crippen LogP contribution is -2.24. The van der Waals surface area contributed by atoms with E-state index in [4.69, 9.17) is 4.74 Å². The van der Waals surface area contributed by atoms with Crippen molar-refractivity contribution < 1.29 is 9.84 Å². The van der Waals surface area contributed by atoms with E-state index >= 15 is 0 Å². The molecule has 1 aliphatic heterocycles. The lowest BCUT2D eigenvalue weighted by molar-refractivity contribution is 0.311. The molecule has 5 nitrogen and oxygen atoms in total. The molecule has 3 rings (SSSR count). The number of hydrogen-bond donors (Lipinski definition) is 2. The third kappa shape index (κ3) is 2.56. The van der Waals surface area contributed by atoms with Crippen LogP contribution in [0.4, 0.5) is 0 Å². The van der Waals surface area contributed by atoms with Gasteiger partial charge in [0.1, 0.15) is 18.1 Å². The average Bonchev–Trinajstić information content (AvgIpc) is 2.96. The van der Waals surface area contributed by atoms with Crippen molar-refractivity contribution in [3.05, 3.63) is 41.7 Å². The fraction of sp³-hybridized carbons (Fsp3) is 0.357. The van der Waals surface area contributed by atoms with Gasteiger partial charge in [-0.15, -0.1) is 0 Å². The largest absolute Gasteiger partial charge is 0.508 e. The summed E-state index contributed by atoms with van der Waals surface area (Å²) in [5.74, 6) is 1.02. The molecule has 1 aromatic carbocycles. The highest BCUT2D eigenvalue weighted by Crippen LogP contribution is 2.34. The zero-order valence-corrected chi connectivity index (χ0v) is 10.8. The molecule has 1 unspecified atom stereocenters. The number of aromatic nitrogens is 2. The summed E-state index contributed by atoms with van der Waals surface area (Å²) in [5.41, 5.74) is 2.19. The summed E-state index contributed by atoms with van der Waals surface area (Å²) in [6, 6.07) is 7.49. The highest BCUT2D eigenvalue weighted by molar-refractivity contribution is 5.44. The second kappa shape index (κ2) is 4.93. The zero-order valence-electron chi connectivity index (χ0n) is 10.8. The normalized spacial score (nSPS) is 17.2. The van der Waals surface area contributed by atoms with Gasteiger partial charge in [-0.05, 0) is 18.2 Å². The number of benzene rings is 1. The lowest BCUT2D eigenvalue weighted by Gasteiger charge is -2.10. The molecule has 0 saturated heterocycles. The molecule has 2 aromatic rings. The molecule has 2 N–H and O–H groups in total. The zero-order chi connectivity index (χ0) is 13.2. The summed E-state index contributed by atoms with van der Waals surface area (Å²) in [6.07, 6.45) is 2.84. The fourth-order valence-electron chi connectivity index (χ4n) is 2.34. The molecule has 0 aliphatic carbocycles. The van der Waals surface area contributed by atoms with Crippen LogP contribution in [0, 0.1) is 0 Å². The topological polar surface area (TPSA) is 59.3 Å². The minimum absolute atomic E-state index is 0.194. The predicted octanol–water partition coefficient (Wildman–Crippen LogP) is 1.39. The van der Waals surface area contributed by atoms with E-state index in [1.54, 1.807) is 12.1 Å². The number of ether oxygens (including phenoxy) is 1. The van der Waals surface area contributed by atoms with E-state index < -0.39 is 0 Å². The molecule has 0 radical (unpaired) electrons. The molecule has 0 fully saturated rings. The van der Waals surface area contributed by atoms with Crippen molar-refractivity contribution in [2.45, 2.75) is 12.5 Å². The van der Waals surface area contributed by atoms with Gasteiger partial charge < -0.3 is 15.2 Å². The Balaban J connectivity index is 1.58. The van der Waals surface area contributed by atoms with Crippen LogP contribution in [0.1, 0.15) is 17.3 Å². The number of fused-ring (bicyclic) bond motifs is 1. The van der Waals surface area contributed by atoms with Crippen molar-refractivity contribution in [2.75, 3.05) is 13.2 Å². The summed E-state index contributed by atoms with van der Waals surface area (Å²) >= 11 is 0. The second-order valence-corrected chi connectivity index (χ2v) is 4.77. The number of rotatable bonds is 4. The van der Waals surface area contributed by atoms with Crippen LogP contribution in [0.15, 0.2) is 30.5 Å². The Morgan fingerprint density at radius 1 is 1.47 bits per heavy atom. The first kappa shape index (κ1) is 12.0. The van der Waals surface area contributed by atoms with Crippen LogP contribution in [0.2, 0.25) is 0 Å². The van der Waals surface area contributed by atoms with Crippen molar-refractivity contribution in [3.63, 3.8) is 0 Å². The SMILES string of the molecule is Cn1ccc(CCNC2COc3cc(O)ccc32)n1. The maximum absolute atomic E-state index is 9.40. The third-order valence-electron chi connectivity index (χ3n) is 3.32. The summed E-state index contributed by atoms with van der Waals surface area (Å²) < 4.78 is 7.37. The van der Waals surface area contributed by atoms with Gasteiger partial charge in [0.2, 0.25) is 0 Å². The van der Waals surface area contributed by atoms with Crippen LogP contribution in [-0.4, -0.2) is 28.0 Å². The average molecular weight is 259 g/mol. The summed E-state index contributed by atoms with van der Waals surface area (Å²) in [4.78, 5) is 0. The first-order valence-corrected chi connectivity index (χ1v) is 6.40. The molecule has 0 saturated carbocycles. The standard InChI is InChI=1S/C14H17N3O2/c1-17-7-5-10(16-17)4-6-15-13-9-19-14-8-11(18)2-3-12(13)14/h2-3,5,7-8,13,15,18H,4,6,9H2,1H3. The Morgan fingerprint density at radius 2 is 2.37 bits per heavy atom. The minimum atomic E-state index is 0.194. The Morgan fingerprint density at radius 3 is 3.16 bits per heavy atom.